The maximum absolute atomic E-state index is 11.5. The highest BCUT2D eigenvalue weighted by molar-refractivity contribution is 6.74. The number of nitrogens with one attached hydrogen (secondary N) is 1. The van der Waals surface area contributed by atoms with E-state index in [0.29, 0.717) is 29.1 Å². The second-order valence-corrected chi connectivity index (χ2v) is 29.2. The van der Waals surface area contributed by atoms with Crippen molar-refractivity contribution in [2.45, 2.75) is 165 Å². The summed E-state index contributed by atoms with van der Waals surface area (Å²) in [6.45, 7) is 22.5. The second-order valence-electron chi connectivity index (χ2n) is 19.4. The summed E-state index contributed by atoms with van der Waals surface area (Å²) >= 11 is 6.13. The van der Waals surface area contributed by atoms with Gasteiger partial charge in [0.15, 0.2) is 16.6 Å². The zero-order valence-electron chi connectivity index (χ0n) is 35.8. The number of hydroxylamine groups is 1. The highest BCUT2D eigenvalue weighted by atomic mass is 35.5. The maximum atomic E-state index is 11.5. The molecule has 2 aliphatic carbocycles. The van der Waals surface area contributed by atoms with Crippen LogP contribution in [0.5, 0.6) is 0 Å². The van der Waals surface area contributed by atoms with Crippen LogP contribution in [-0.4, -0.2) is 50.0 Å². The summed E-state index contributed by atoms with van der Waals surface area (Å²) in [5, 5.41) is 20.2. The molecular formula is C46H69ClN2O5Si2. The fourth-order valence-electron chi connectivity index (χ4n) is 7.81. The lowest BCUT2D eigenvalue weighted by molar-refractivity contribution is -0.143. The van der Waals surface area contributed by atoms with Crippen LogP contribution in [0.15, 0.2) is 89.9 Å². The van der Waals surface area contributed by atoms with E-state index >= 15 is 0 Å². The smallest absolute Gasteiger partial charge is 0.306 e. The molecule has 0 saturated heterocycles. The number of carboxylic acid groups (broad SMARTS) is 1. The number of nitrogens with zero attached hydrogens (tertiary/aromatic N) is 1. The SMILES string of the molecule is CC(C)(C)[Si](C)(C)OC1(CC(=Nc2cccc(Cl)c2)NO)CCC(c2ccccc2)CC1.CC(C)(C)[Si](C)(C)OC1(CC(=O)O)CCC(c2ccccc2)CC1. The lowest BCUT2D eigenvalue weighted by Gasteiger charge is -2.48. The van der Waals surface area contributed by atoms with Gasteiger partial charge in [0.25, 0.3) is 0 Å². The van der Waals surface area contributed by atoms with Crippen LogP contribution in [0, 0.1) is 0 Å². The summed E-state index contributed by atoms with van der Waals surface area (Å²) in [4.78, 5) is 16.1. The fourth-order valence-corrected chi connectivity index (χ4v) is 11.3. The lowest BCUT2D eigenvalue weighted by Crippen LogP contribution is -2.52. The number of carbonyl (C=O) groups is 1. The van der Waals surface area contributed by atoms with Crippen molar-refractivity contribution in [2.24, 2.45) is 4.99 Å². The molecule has 3 aromatic rings. The van der Waals surface area contributed by atoms with Crippen LogP contribution < -0.4 is 5.48 Å². The molecule has 7 nitrogen and oxygen atoms in total. The van der Waals surface area contributed by atoms with Gasteiger partial charge >= 0.3 is 5.97 Å². The molecule has 0 amide bonds. The predicted molar refractivity (Wildman–Crippen MR) is 238 cm³/mol. The zero-order chi connectivity index (χ0) is 41.4. The van der Waals surface area contributed by atoms with E-state index in [2.05, 4.69) is 133 Å². The summed E-state index contributed by atoms with van der Waals surface area (Å²) in [7, 11) is -4.03. The Kier molecular flexibility index (Phi) is 15.5. The van der Waals surface area contributed by atoms with Gasteiger partial charge in [-0.2, -0.15) is 0 Å². The number of aliphatic carboxylic acids is 1. The highest BCUT2D eigenvalue weighted by Gasteiger charge is 2.48. The van der Waals surface area contributed by atoms with E-state index in [1.807, 2.05) is 24.3 Å². The third kappa shape index (κ3) is 12.6. The number of halogens is 1. The third-order valence-corrected chi connectivity index (χ3v) is 22.4. The minimum Gasteiger partial charge on any atom is -0.481 e. The van der Waals surface area contributed by atoms with E-state index < -0.39 is 28.2 Å². The van der Waals surface area contributed by atoms with Crippen LogP contribution in [0.3, 0.4) is 0 Å². The maximum Gasteiger partial charge on any atom is 0.306 e. The number of benzene rings is 3. The first-order valence-electron chi connectivity index (χ1n) is 20.5. The topological polar surface area (TPSA) is 100 Å². The summed E-state index contributed by atoms with van der Waals surface area (Å²) in [6, 6.07) is 28.7. The third-order valence-electron chi connectivity index (χ3n) is 13.1. The van der Waals surface area contributed by atoms with E-state index in [1.165, 1.54) is 11.1 Å². The normalized spacial score (nSPS) is 23.8. The molecule has 5 rings (SSSR count). The van der Waals surface area contributed by atoms with E-state index in [-0.39, 0.29) is 22.1 Å². The van der Waals surface area contributed by atoms with Crippen LogP contribution in [0.25, 0.3) is 0 Å². The molecule has 3 aromatic carbocycles. The molecule has 0 radical (unpaired) electrons. The van der Waals surface area contributed by atoms with E-state index in [9.17, 15) is 15.1 Å². The molecule has 10 heteroatoms. The van der Waals surface area contributed by atoms with Gasteiger partial charge in [0.05, 0.1) is 23.3 Å². The molecule has 2 aliphatic rings. The second kappa shape index (κ2) is 18.9. The molecule has 0 aromatic heterocycles. The molecule has 3 N–H and O–H groups in total. The molecule has 0 spiro atoms. The molecule has 2 fully saturated rings. The zero-order valence-corrected chi connectivity index (χ0v) is 38.5. The Hall–Kier alpha value is -2.80. The van der Waals surface area contributed by atoms with Gasteiger partial charge in [0, 0.05) is 11.4 Å². The molecule has 0 aliphatic heterocycles. The van der Waals surface area contributed by atoms with Crippen molar-refractivity contribution >= 4 is 45.7 Å². The Balaban J connectivity index is 0.000000259. The number of aliphatic imine (C=N–C) groups is 1. The summed E-state index contributed by atoms with van der Waals surface area (Å²) < 4.78 is 13.8. The molecule has 0 unspecified atom stereocenters. The van der Waals surface area contributed by atoms with Gasteiger partial charge in [-0.1, -0.05) is 120 Å². The average Bonchev–Trinajstić information content (AvgIpc) is 3.11. The Morgan fingerprint density at radius 1 is 0.714 bits per heavy atom. The monoisotopic (exact) mass is 820 g/mol. The first kappa shape index (κ1) is 45.9. The van der Waals surface area contributed by atoms with Crippen LogP contribution in [0.2, 0.25) is 41.3 Å². The van der Waals surface area contributed by atoms with Gasteiger partial charge in [-0.25, -0.2) is 4.99 Å². The van der Waals surface area contributed by atoms with Crippen molar-refractivity contribution in [3.8, 4) is 0 Å². The van der Waals surface area contributed by atoms with E-state index in [1.54, 1.807) is 6.07 Å². The first-order valence-corrected chi connectivity index (χ1v) is 26.7. The summed E-state index contributed by atoms with van der Waals surface area (Å²) in [6.07, 6.45) is 8.37. The number of amidine groups is 1. The van der Waals surface area contributed by atoms with Crippen LogP contribution >= 0.6 is 11.6 Å². The molecule has 0 atom stereocenters. The van der Waals surface area contributed by atoms with Crippen molar-refractivity contribution in [3.05, 3.63) is 101 Å². The van der Waals surface area contributed by atoms with Gasteiger partial charge in [0.1, 0.15) is 5.84 Å². The lowest BCUT2D eigenvalue weighted by atomic mass is 9.74. The summed E-state index contributed by atoms with van der Waals surface area (Å²) in [5.74, 6) is 0.842. The highest BCUT2D eigenvalue weighted by Crippen LogP contribution is 2.49. The van der Waals surface area contributed by atoms with Gasteiger partial charge in [-0.15, -0.1) is 0 Å². The molecule has 0 bridgehead atoms. The molecule has 308 valence electrons. The Bertz CT molecular complexity index is 1720. The fraction of sp³-hybridized carbons (Fsp3) is 0.565. The standard InChI is InChI=1S/C26H37ClN2O2Si.C20H32O3Si/c1-25(2,3)32(4,5)31-26(16-14-21(15-17-26)20-10-7-6-8-11-20)19-24(29-30)28-23-13-9-12-22(27)18-23;1-19(2,3)24(4,5)23-20(15-18(21)22)13-11-17(12-14-20)16-9-7-6-8-10-16/h6-13,18,21,30H,14-17,19H2,1-5H3,(H,28,29);6-10,17H,11-15H2,1-5H3,(H,21,22). The largest absolute Gasteiger partial charge is 0.481 e. The number of carboxylic acids is 1. The number of hydrogen-bond acceptors (Lipinski definition) is 5. The van der Waals surface area contributed by atoms with E-state index in [0.717, 1.165) is 57.1 Å². The molecular weight excluding hydrogens is 752 g/mol. The van der Waals surface area contributed by atoms with Crippen molar-refractivity contribution in [2.75, 3.05) is 0 Å². The molecule has 2 saturated carbocycles. The van der Waals surface area contributed by atoms with Crippen molar-refractivity contribution in [1.82, 2.24) is 5.48 Å². The van der Waals surface area contributed by atoms with Gasteiger partial charge in [-0.3, -0.25) is 15.5 Å². The van der Waals surface area contributed by atoms with E-state index in [4.69, 9.17) is 20.5 Å². The van der Waals surface area contributed by atoms with Crippen molar-refractivity contribution in [1.29, 1.82) is 0 Å². The Morgan fingerprint density at radius 2 is 1.12 bits per heavy atom. The quantitative estimate of drug-likeness (QED) is 0.0771. The van der Waals surface area contributed by atoms with Crippen LogP contribution in [0.1, 0.15) is 129 Å². The van der Waals surface area contributed by atoms with Crippen LogP contribution in [0.4, 0.5) is 5.69 Å². The molecule has 0 heterocycles. The van der Waals surface area contributed by atoms with Gasteiger partial charge in [0.2, 0.25) is 0 Å². The van der Waals surface area contributed by atoms with Gasteiger partial charge in [-0.05, 0) is 129 Å². The predicted octanol–water partition coefficient (Wildman–Crippen LogP) is 13.4. The van der Waals surface area contributed by atoms with Crippen molar-refractivity contribution < 1.29 is 24.0 Å². The molecule has 56 heavy (non-hydrogen) atoms. The Morgan fingerprint density at radius 3 is 1.48 bits per heavy atom. The van der Waals surface area contributed by atoms with Gasteiger partial charge < -0.3 is 14.0 Å². The number of rotatable bonds is 11. The first-order chi connectivity index (χ1) is 26.1. The average molecular weight is 822 g/mol. The Labute approximate surface area is 344 Å². The van der Waals surface area contributed by atoms with Crippen molar-refractivity contribution in [3.63, 3.8) is 0 Å². The summed E-state index contributed by atoms with van der Waals surface area (Å²) in [5.41, 5.74) is 5.01. The van der Waals surface area contributed by atoms with Crippen LogP contribution in [-0.2, 0) is 13.6 Å². The minimum atomic E-state index is -2.03. The minimum absolute atomic E-state index is 0.0920. The number of hydrogen-bond donors (Lipinski definition) is 3.